The standard InChI is InChI=1S/C19H15BrN4OS/c1-13-3-2-4-17-22-15(11-18(25)24(13)17)12-26-19-21-9-10-23(19)16-7-5-14(20)6-8-16/h2-11H,12H2,1H3. The Morgan fingerprint density at radius 2 is 1.96 bits per heavy atom. The molecule has 7 heteroatoms. The summed E-state index contributed by atoms with van der Waals surface area (Å²) < 4.78 is 4.68. The van der Waals surface area contributed by atoms with Crippen molar-refractivity contribution in [1.82, 2.24) is 18.9 Å². The summed E-state index contributed by atoms with van der Waals surface area (Å²) >= 11 is 5.01. The van der Waals surface area contributed by atoms with Gasteiger partial charge in [0.25, 0.3) is 5.56 Å². The Morgan fingerprint density at radius 1 is 1.15 bits per heavy atom. The molecule has 130 valence electrons. The fourth-order valence-corrected chi connectivity index (χ4v) is 3.90. The average molecular weight is 427 g/mol. The Labute approximate surface area is 162 Å². The summed E-state index contributed by atoms with van der Waals surface area (Å²) in [5.41, 5.74) is 3.28. The van der Waals surface area contributed by atoms with Crippen molar-refractivity contribution in [1.29, 1.82) is 0 Å². The summed E-state index contributed by atoms with van der Waals surface area (Å²) in [6.07, 6.45) is 3.70. The van der Waals surface area contributed by atoms with Crippen LogP contribution in [0, 0.1) is 6.92 Å². The molecule has 5 nitrogen and oxygen atoms in total. The second-order valence-corrected chi connectivity index (χ2v) is 7.65. The summed E-state index contributed by atoms with van der Waals surface area (Å²) in [6.45, 7) is 1.90. The lowest BCUT2D eigenvalue weighted by atomic mass is 10.3. The number of hydrogen-bond acceptors (Lipinski definition) is 4. The van der Waals surface area contributed by atoms with Gasteiger partial charge in [-0.15, -0.1) is 0 Å². The number of halogens is 1. The van der Waals surface area contributed by atoms with Crippen molar-refractivity contribution >= 4 is 33.3 Å². The van der Waals surface area contributed by atoms with Crippen LogP contribution in [-0.2, 0) is 5.75 Å². The van der Waals surface area contributed by atoms with Crippen LogP contribution in [0.5, 0.6) is 0 Å². The number of aromatic nitrogens is 4. The van der Waals surface area contributed by atoms with E-state index in [2.05, 4.69) is 25.9 Å². The van der Waals surface area contributed by atoms with Gasteiger partial charge in [-0.05, 0) is 43.3 Å². The van der Waals surface area contributed by atoms with Gasteiger partial charge in [0.15, 0.2) is 5.16 Å². The van der Waals surface area contributed by atoms with Crippen LogP contribution in [0.3, 0.4) is 0 Å². The predicted octanol–water partition coefficient (Wildman–Crippen LogP) is 4.24. The quantitative estimate of drug-likeness (QED) is 0.457. The molecular formula is C19H15BrN4OS. The molecular weight excluding hydrogens is 412 g/mol. The number of rotatable bonds is 4. The second-order valence-electron chi connectivity index (χ2n) is 5.79. The first kappa shape index (κ1) is 17.1. The third kappa shape index (κ3) is 3.32. The number of thioether (sulfide) groups is 1. The molecule has 4 aromatic rings. The van der Waals surface area contributed by atoms with Crippen LogP contribution >= 0.6 is 27.7 Å². The summed E-state index contributed by atoms with van der Waals surface area (Å²) in [4.78, 5) is 21.4. The molecule has 4 rings (SSSR count). The van der Waals surface area contributed by atoms with Crippen LogP contribution in [0.4, 0.5) is 0 Å². The Hall–Kier alpha value is -2.38. The van der Waals surface area contributed by atoms with Crippen LogP contribution in [0.1, 0.15) is 11.4 Å². The third-order valence-corrected chi connectivity index (χ3v) is 5.52. The van der Waals surface area contributed by atoms with E-state index in [1.807, 2.05) is 60.2 Å². The van der Waals surface area contributed by atoms with E-state index >= 15 is 0 Å². The van der Waals surface area contributed by atoms with Gasteiger partial charge < -0.3 is 0 Å². The molecule has 26 heavy (non-hydrogen) atoms. The average Bonchev–Trinajstić information content (AvgIpc) is 3.09. The van der Waals surface area contributed by atoms with Gasteiger partial charge in [-0.3, -0.25) is 13.8 Å². The van der Waals surface area contributed by atoms with E-state index in [9.17, 15) is 4.79 Å². The molecule has 0 N–H and O–H groups in total. The van der Waals surface area contributed by atoms with Crippen LogP contribution < -0.4 is 5.56 Å². The van der Waals surface area contributed by atoms with Crippen molar-refractivity contribution in [3.8, 4) is 5.69 Å². The zero-order valence-electron chi connectivity index (χ0n) is 14.0. The fourth-order valence-electron chi connectivity index (χ4n) is 2.77. The van der Waals surface area contributed by atoms with E-state index in [1.54, 1.807) is 28.4 Å². The van der Waals surface area contributed by atoms with Crippen LogP contribution in [-0.4, -0.2) is 18.9 Å². The van der Waals surface area contributed by atoms with E-state index in [1.165, 1.54) is 0 Å². The number of nitrogens with zero attached hydrogens (tertiary/aromatic N) is 4. The number of pyridine rings is 1. The van der Waals surface area contributed by atoms with E-state index in [0.717, 1.165) is 26.7 Å². The molecule has 3 aromatic heterocycles. The van der Waals surface area contributed by atoms with Crippen LogP contribution in [0.2, 0.25) is 0 Å². The fraction of sp³-hybridized carbons (Fsp3) is 0.105. The molecule has 0 aliphatic rings. The normalized spacial score (nSPS) is 11.2. The van der Waals surface area contributed by atoms with E-state index in [-0.39, 0.29) is 5.56 Å². The summed E-state index contributed by atoms with van der Waals surface area (Å²) in [5.74, 6) is 0.577. The maximum absolute atomic E-state index is 12.4. The molecule has 0 radical (unpaired) electrons. The van der Waals surface area contributed by atoms with E-state index < -0.39 is 0 Å². The van der Waals surface area contributed by atoms with Gasteiger partial charge in [-0.2, -0.15) is 0 Å². The number of aryl methyl sites for hydroxylation is 1. The molecule has 0 bridgehead atoms. The zero-order chi connectivity index (χ0) is 18.1. The number of benzene rings is 1. The highest BCUT2D eigenvalue weighted by atomic mass is 79.9. The number of imidazole rings is 1. The Kier molecular flexibility index (Phi) is 4.65. The van der Waals surface area contributed by atoms with Crippen molar-refractivity contribution in [2.45, 2.75) is 17.8 Å². The first-order valence-corrected chi connectivity index (χ1v) is 9.80. The second kappa shape index (κ2) is 7.09. The van der Waals surface area contributed by atoms with Crippen molar-refractivity contribution in [2.24, 2.45) is 0 Å². The van der Waals surface area contributed by atoms with Crippen LogP contribution in [0.25, 0.3) is 11.3 Å². The first-order valence-electron chi connectivity index (χ1n) is 8.02. The number of hydrogen-bond donors (Lipinski definition) is 0. The molecule has 3 heterocycles. The lowest BCUT2D eigenvalue weighted by molar-refractivity contribution is 0.893. The molecule has 0 spiro atoms. The lowest BCUT2D eigenvalue weighted by Gasteiger charge is -2.08. The molecule has 0 amide bonds. The van der Waals surface area contributed by atoms with Gasteiger partial charge in [0.2, 0.25) is 0 Å². The molecule has 0 saturated carbocycles. The Bertz CT molecular complexity index is 1130. The van der Waals surface area contributed by atoms with Gasteiger partial charge in [0.1, 0.15) is 5.65 Å². The van der Waals surface area contributed by atoms with Crippen LogP contribution in [0.15, 0.2) is 75.3 Å². The van der Waals surface area contributed by atoms with Gasteiger partial charge >= 0.3 is 0 Å². The first-order chi connectivity index (χ1) is 12.6. The predicted molar refractivity (Wildman–Crippen MR) is 107 cm³/mol. The van der Waals surface area contributed by atoms with E-state index in [4.69, 9.17) is 0 Å². The minimum absolute atomic E-state index is 0.0556. The lowest BCUT2D eigenvalue weighted by Crippen LogP contribution is -2.17. The topological polar surface area (TPSA) is 52.2 Å². The number of fused-ring (bicyclic) bond motifs is 1. The molecule has 0 aliphatic carbocycles. The monoisotopic (exact) mass is 426 g/mol. The van der Waals surface area contributed by atoms with Gasteiger partial charge in [0.05, 0.1) is 5.69 Å². The largest absolute Gasteiger partial charge is 0.295 e. The molecule has 0 aliphatic heterocycles. The Morgan fingerprint density at radius 3 is 2.77 bits per heavy atom. The van der Waals surface area contributed by atoms with Crippen molar-refractivity contribution in [2.75, 3.05) is 0 Å². The van der Waals surface area contributed by atoms with Crippen molar-refractivity contribution in [3.05, 3.63) is 87.1 Å². The van der Waals surface area contributed by atoms with Gasteiger partial charge in [0, 0.05) is 40.1 Å². The summed E-state index contributed by atoms with van der Waals surface area (Å²) in [6, 6.07) is 15.3. The summed E-state index contributed by atoms with van der Waals surface area (Å²) in [7, 11) is 0. The SMILES string of the molecule is Cc1cccc2nc(CSc3nccn3-c3ccc(Br)cc3)cc(=O)n12. The highest BCUT2D eigenvalue weighted by Crippen LogP contribution is 2.24. The molecule has 0 saturated heterocycles. The maximum atomic E-state index is 12.4. The third-order valence-electron chi connectivity index (χ3n) is 3.99. The highest BCUT2D eigenvalue weighted by molar-refractivity contribution is 9.10. The Balaban J connectivity index is 1.61. The zero-order valence-corrected chi connectivity index (χ0v) is 16.4. The van der Waals surface area contributed by atoms with E-state index in [0.29, 0.717) is 11.4 Å². The van der Waals surface area contributed by atoms with Gasteiger partial charge in [-0.25, -0.2) is 9.97 Å². The smallest absolute Gasteiger partial charge is 0.258 e. The molecule has 0 fully saturated rings. The highest BCUT2D eigenvalue weighted by Gasteiger charge is 2.09. The molecule has 1 aromatic carbocycles. The van der Waals surface area contributed by atoms with Crippen molar-refractivity contribution in [3.63, 3.8) is 0 Å². The maximum Gasteiger partial charge on any atom is 0.258 e. The minimum atomic E-state index is -0.0556. The van der Waals surface area contributed by atoms with Crippen molar-refractivity contribution < 1.29 is 0 Å². The minimum Gasteiger partial charge on any atom is -0.295 e. The van der Waals surface area contributed by atoms with Gasteiger partial charge in [-0.1, -0.05) is 33.8 Å². The summed E-state index contributed by atoms with van der Waals surface area (Å²) in [5, 5.41) is 0.860. The molecule has 0 atom stereocenters. The molecule has 0 unspecified atom stereocenters.